The molecule has 0 aliphatic carbocycles. The summed E-state index contributed by atoms with van der Waals surface area (Å²) in [6.45, 7) is 0.440. The van der Waals surface area contributed by atoms with E-state index in [1.165, 1.54) is 0 Å². The van der Waals surface area contributed by atoms with E-state index < -0.39 is 0 Å². The molecule has 0 amide bonds. The van der Waals surface area contributed by atoms with Crippen molar-refractivity contribution in [3.05, 3.63) is 34.9 Å². The van der Waals surface area contributed by atoms with E-state index >= 15 is 0 Å². The number of benzene rings is 1. The molecule has 80 valence electrons. The first kappa shape index (κ1) is 10.5. The third-order valence-corrected chi connectivity index (χ3v) is 2.45. The van der Waals surface area contributed by atoms with Crippen LogP contribution in [0, 0.1) is 0 Å². The molecule has 1 unspecified atom stereocenters. The molecule has 15 heavy (non-hydrogen) atoms. The van der Waals surface area contributed by atoms with Gasteiger partial charge in [0.1, 0.15) is 0 Å². The van der Waals surface area contributed by atoms with Crippen LogP contribution in [-0.2, 0) is 20.9 Å². The lowest BCUT2D eigenvalue weighted by Gasteiger charge is -2.10. The van der Waals surface area contributed by atoms with Crippen molar-refractivity contribution in [3.63, 3.8) is 0 Å². The molecule has 2 rings (SSSR count). The first-order valence-corrected chi connectivity index (χ1v) is 5.17. The van der Waals surface area contributed by atoms with Crippen LogP contribution in [0.3, 0.4) is 0 Å². The van der Waals surface area contributed by atoms with Crippen molar-refractivity contribution in [1.29, 1.82) is 0 Å². The molecule has 3 nitrogen and oxygen atoms in total. The number of halogens is 1. The van der Waals surface area contributed by atoms with E-state index in [9.17, 15) is 4.79 Å². The van der Waals surface area contributed by atoms with E-state index in [0.29, 0.717) is 24.5 Å². The van der Waals surface area contributed by atoms with Gasteiger partial charge in [-0.2, -0.15) is 0 Å². The molecule has 1 saturated heterocycles. The van der Waals surface area contributed by atoms with Crippen LogP contribution >= 0.6 is 11.6 Å². The van der Waals surface area contributed by atoms with Crippen molar-refractivity contribution in [2.45, 2.75) is 25.7 Å². The van der Waals surface area contributed by atoms with E-state index in [2.05, 4.69) is 0 Å². The zero-order valence-corrected chi connectivity index (χ0v) is 8.87. The third kappa shape index (κ3) is 2.94. The smallest absolute Gasteiger partial charge is 0.308 e. The number of hydrogen-bond donors (Lipinski definition) is 0. The Morgan fingerprint density at radius 2 is 2.13 bits per heavy atom. The van der Waals surface area contributed by atoms with Crippen molar-refractivity contribution in [2.75, 3.05) is 0 Å². The maximum absolute atomic E-state index is 10.8. The van der Waals surface area contributed by atoms with Gasteiger partial charge in [0, 0.05) is 11.4 Å². The Balaban J connectivity index is 1.83. The van der Waals surface area contributed by atoms with Gasteiger partial charge in [0.15, 0.2) is 0 Å². The van der Waals surface area contributed by atoms with Crippen LogP contribution in [0.5, 0.6) is 0 Å². The highest BCUT2D eigenvalue weighted by molar-refractivity contribution is 6.30. The zero-order valence-electron chi connectivity index (χ0n) is 8.11. The lowest BCUT2D eigenvalue weighted by molar-refractivity contribution is -0.164. The molecule has 1 aromatic carbocycles. The van der Waals surface area contributed by atoms with Gasteiger partial charge in [-0.1, -0.05) is 23.7 Å². The zero-order chi connectivity index (χ0) is 10.7. The maximum Gasteiger partial charge on any atom is 0.308 e. The summed E-state index contributed by atoms with van der Waals surface area (Å²) in [5, 5.41) is 0.700. The van der Waals surface area contributed by atoms with Gasteiger partial charge >= 0.3 is 5.97 Å². The van der Waals surface area contributed by atoms with E-state index in [0.717, 1.165) is 5.56 Å². The minimum absolute atomic E-state index is 0.184. The summed E-state index contributed by atoms with van der Waals surface area (Å²) in [7, 11) is 0. The van der Waals surface area contributed by atoms with Crippen LogP contribution in [0.15, 0.2) is 24.3 Å². The van der Waals surface area contributed by atoms with Crippen LogP contribution in [0.1, 0.15) is 18.4 Å². The quantitative estimate of drug-likeness (QED) is 0.743. The minimum atomic E-state index is -0.381. The Morgan fingerprint density at radius 1 is 1.40 bits per heavy atom. The number of rotatable bonds is 3. The van der Waals surface area contributed by atoms with Gasteiger partial charge in [0.05, 0.1) is 13.0 Å². The topological polar surface area (TPSA) is 35.5 Å². The summed E-state index contributed by atoms with van der Waals surface area (Å²) in [6.07, 6.45) is 0.714. The van der Waals surface area contributed by atoms with E-state index in [4.69, 9.17) is 21.1 Å². The Labute approximate surface area is 92.9 Å². The number of ether oxygens (including phenoxy) is 2. The molecule has 0 radical (unpaired) electrons. The Hall–Kier alpha value is -1.06. The normalized spacial score (nSPS) is 20.3. The van der Waals surface area contributed by atoms with E-state index in [1.54, 1.807) is 12.1 Å². The van der Waals surface area contributed by atoms with Gasteiger partial charge < -0.3 is 9.47 Å². The highest BCUT2D eigenvalue weighted by Crippen LogP contribution is 2.17. The Morgan fingerprint density at radius 3 is 2.73 bits per heavy atom. The summed E-state index contributed by atoms with van der Waals surface area (Å²) < 4.78 is 10.3. The van der Waals surface area contributed by atoms with Crippen LogP contribution in [-0.4, -0.2) is 12.3 Å². The van der Waals surface area contributed by atoms with Crippen molar-refractivity contribution in [3.8, 4) is 0 Å². The molecule has 1 heterocycles. The molecular weight excluding hydrogens is 216 g/mol. The number of carbonyl (C=O) groups is 1. The Bertz CT molecular complexity index is 347. The summed E-state index contributed by atoms with van der Waals surface area (Å²) in [4.78, 5) is 10.8. The molecule has 1 aliphatic heterocycles. The molecule has 4 heteroatoms. The monoisotopic (exact) mass is 226 g/mol. The highest BCUT2D eigenvalue weighted by atomic mass is 35.5. The van der Waals surface area contributed by atoms with Gasteiger partial charge in [0.25, 0.3) is 0 Å². The molecule has 0 bridgehead atoms. The van der Waals surface area contributed by atoms with Gasteiger partial charge in [-0.25, -0.2) is 0 Å². The fourth-order valence-electron chi connectivity index (χ4n) is 1.39. The largest absolute Gasteiger partial charge is 0.436 e. The molecule has 1 aliphatic rings. The van der Waals surface area contributed by atoms with Gasteiger partial charge in [-0.05, 0) is 17.7 Å². The molecular formula is C11H11ClO3. The predicted molar refractivity (Wildman–Crippen MR) is 55.4 cm³/mol. The minimum Gasteiger partial charge on any atom is -0.436 e. The standard InChI is InChI=1S/C11H11ClO3/c12-9-3-1-8(2-4-9)7-14-11-6-5-10(13)15-11/h1-4,11H,5-7H2. The second kappa shape index (κ2) is 4.64. The number of cyclic esters (lactones) is 1. The van der Waals surface area contributed by atoms with Crippen molar-refractivity contribution < 1.29 is 14.3 Å². The molecule has 0 N–H and O–H groups in total. The molecule has 0 aromatic heterocycles. The molecule has 0 saturated carbocycles. The number of hydrogen-bond acceptors (Lipinski definition) is 3. The van der Waals surface area contributed by atoms with Crippen LogP contribution in [0.2, 0.25) is 5.02 Å². The van der Waals surface area contributed by atoms with Gasteiger partial charge in [-0.3, -0.25) is 4.79 Å². The molecule has 1 aromatic rings. The average molecular weight is 227 g/mol. The van der Waals surface area contributed by atoms with Gasteiger partial charge in [0.2, 0.25) is 6.29 Å². The van der Waals surface area contributed by atoms with Gasteiger partial charge in [-0.15, -0.1) is 0 Å². The SMILES string of the molecule is O=C1CCC(OCc2ccc(Cl)cc2)O1. The average Bonchev–Trinajstić information content (AvgIpc) is 2.64. The molecule has 1 atom stereocenters. The fraction of sp³-hybridized carbons (Fsp3) is 0.364. The third-order valence-electron chi connectivity index (χ3n) is 2.20. The van der Waals surface area contributed by atoms with E-state index in [-0.39, 0.29) is 12.3 Å². The predicted octanol–water partition coefficient (Wildman–Crippen LogP) is 2.52. The highest BCUT2D eigenvalue weighted by Gasteiger charge is 2.23. The summed E-state index contributed by atoms with van der Waals surface area (Å²) >= 11 is 5.75. The van der Waals surface area contributed by atoms with Crippen molar-refractivity contribution >= 4 is 17.6 Å². The van der Waals surface area contributed by atoms with Crippen LogP contribution < -0.4 is 0 Å². The number of esters is 1. The van der Waals surface area contributed by atoms with Crippen molar-refractivity contribution in [2.24, 2.45) is 0 Å². The van der Waals surface area contributed by atoms with E-state index in [1.807, 2.05) is 12.1 Å². The molecule has 0 spiro atoms. The first-order chi connectivity index (χ1) is 7.24. The van der Waals surface area contributed by atoms with Crippen LogP contribution in [0.4, 0.5) is 0 Å². The summed E-state index contributed by atoms with van der Waals surface area (Å²) in [5.41, 5.74) is 1.02. The maximum atomic E-state index is 10.8. The second-order valence-corrected chi connectivity index (χ2v) is 3.83. The second-order valence-electron chi connectivity index (χ2n) is 3.40. The first-order valence-electron chi connectivity index (χ1n) is 4.79. The van der Waals surface area contributed by atoms with Crippen molar-refractivity contribution in [1.82, 2.24) is 0 Å². The summed E-state index contributed by atoms with van der Waals surface area (Å²) in [6, 6.07) is 7.39. The lowest BCUT2D eigenvalue weighted by Crippen LogP contribution is -2.11. The number of carbonyl (C=O) groups excluding carboxylic acids is 1. The Kier molecular flexibility index (Phi) is 3.23. The fourth-order valence-corrected chi connectivity index (χ4v) is 1.51. The lowest BCUT2D eigenvalue weighted by atomic mass is 10.2. The summed E-state index contributed by atoms with van der Waals surface area (Å²) in [5.74, 6) is -0.184. The molecule has 1 fully saturated rings. The van der Waals surface area contributed by atoms with Crippen LogP contribution in [0.25, 0.3) is 0 Å².